The fourth-order valence-corrected chi connectivity index (χ4v) is 2.04. The number of rotatable bonds is 1. The maximum Gasteiger partial charge on any atom is 0.165 e. The molecule has 0 spiro atoms. The second kappa shape index (κ2) is 3.46. The summed E-state index contributed by atoms with van der Waals surface area (Å²) in [5.74, 6) is -0.0702. The summed E-state index contributed by atoms with van der Waals surface area (Å²) in [5, 5.41) is 21.0. The predicted molar refractivity (Wildman–Crippen MR) is 61.4 cm³/mol. The Morgan fingerprint density at radius 1 is 1.20 bits per heavy atom. The van der Waals surface area contributed by atoms with Crippen LogP contribution in [-0.4, -0.2) is 10.2 Å². The van der Waals surface area contributed by atoms with Crippen molar-refractivity contribution in [1.29, 1.82) is 0 Å². The number of benzene rings is 2. The lowest BCUT2D eigenvalue weighted by molar-refractivity contribution is 0.408. The second-order valence-electron chi connectivity index (χ2n) is 3.75. The normalized spacial score (nSPS) is 10.8. The molecule has 0 aliphatic heterocycles. The van der Waals surface area contributed by atoms with Crippen molar-refractivity contribution < 1.29 is 10.2 Å². The van der Waals surface area contributed by atoms with Gasteiger partial charge in [0.15, 0.2) is 11.5 Å². The van der Waals surface area contributed by atoms with Crippen molar-refractivity contribution in [2.24, 2.45) is 0 Å². The molecule has 0 radical (unpaired) electrons. The molecule has 15 heavy (non-hydrogen) atoms. The summed E-state index contributed by atoms with van der Waals surface area (Å²) in [5.41, 5.74) is 2.19. The van der Waals surface area contributed by atoms with Crippen molar-refractivity contribution in [3.8, 4) is 11.5 Å². The third-order valence-corrected chi connectivity index (χ3v) is 2.78. The van der Waals surface area contributed by atoms with Crippen molar-refractivity contribution in [2.75, 3.05) is 0 Å². The van der Waals surface area contributed by atoms with Crippen molar-refractivity contribution in [2.45, 2.75) is 20.3 Å². The second-order valence-corrected chi connectivity index (χ2v) is 3.75. The Kier molecular flexibility index (Phi) is 2.27. The lowest BCUT2D eigenvalue weighted by Crippen LogP contribution is -1.87. The van der Waals surface area contributed by atoms with Crippen LogP contribution in [0.5, 0.6) is 11.5 Å². The molecular weight excluding hydrogens is 188 g/mol. The van der Waals surface area contributed by atoms with Gasteiger partial charge in [0.1, 0.15) is 0 Å². The number of aromatic hydroxyl groups is 2. The maximum absolute atomic E-state index is 9.75. The molecule has 2 N–H and O–H groups in total. The van der Waals surface area contributed by atoms with Gasteiger partial charge < -0.3 is 10.2 Å². The fourth-order valence-electron chi connectivity index (χ4n) is 2.04. The van der Waals surface area contributed by atoms with Crippen LogP contribution in [0.15, 0.2) is 24.3 Å². The first kappa shape index (κ1) is 9.84. The molecule has 2 rings (SSSR count). The Bertz CT molecular complexity index is 515. The van der Waals surface area contributed by atoms with Gasteiger partial charge in [0, 0.05) is 5.39 Å². The van der Waals surface area contributed by atoms with Gasteiger partial charge in [0.05, 0.1) is 0 Å². The van der Waals surface area contributed by atoms with Gasteiger partial charge in [-0.15, -0.1) is 0 Å². The van der Waals surface area contributed by atoms with E-state index in [-0.39, 0.29) is 11.5 Å². The van der Waals surface area contributed by atoms with E-state index < -0.39 is 0 Å². The molecule has 0 saturated carbocycles. The monoisotopic (exact) mass is 202 g/mol. The Balaban J connectivity index is 2.95. The van der Waals surface area contributed by atoms with E-state index in [1.165, 1.54) is 5.56 Å². The molecule has 0 unspecified atom stereocenters. The molecule has 0 atom stereocenters. The zero-order chi connectivity index (χ0) is 11.0. The minimum absolute atomic E-state index is 0.0223. The first-order chi connectivity index (χ1) is 7.15. The highest BCUT2D eigenvalue weighted by Crippen LogP contribution is 2.37. The number of phenols is 2. The molecule has 2 nitrogen and oxygen atoms in total. The third kappa shape index (κ3) is 1.42. The minimum Gasteiger partial charge on any atom is -0.504 e. The molecule has 0 aliphatic carbocycles. The highest BCUT2D eigenvalue weighted by molar-refractivity contribution is 5.95. The van der Waals surface area contributed by atoms with Gasteiger partial charge in [-0.2, -0.15) is 0 Å². The lowest BCUT2D eigenvalue weighted by Gasteiger charge is -2.10. The zero-order valence-corrected chi connectivity index (χ0v) is 8.91. The number of aryl methyl sites for hydroxylation is 2. The van der Waals surface area contributed by atoms with E-state index in [0.29, 0.717) is 0 Å². The first-order valence-electron chi connectivity index (χ1n) is 5.08. The number of fused-ring (bicyclic) bond motifs is 1. The molecule has 0 amide bonds. The van der Waals surface area contributed by atoms with Gasteiger partial charge in [-0.25, -0.2) is 0 Å². The molecule has 0 bridgehead atoms. The van der Waals surface area contributed by atoms with E-state index in [0.717, 1.165) is 22.8 Å². The quantitative estimate of drug-likeness (QED) is 0.697. The standard InChI is InChI=1S/C13H14O2/c1-3-9-5-4-6-10-12(9)8(2)7-11(14)13(10)15/h4-7,14-15H,3H2,1-2H3. The van der Waals surface area contributed by atoms with Crippen LogP contribution in [0.4, 0.5) is 0 Å². The zero-order valence-electron chi connectivity index (χ0n) is 8.91. The van der Waals surface area contributed by atoms with E-state index in [4.69, 9.17) is 0 Å². The summed E-state index contributed by atoms with van der Waals surface area (Å²) >= 11 is 0. The van der Waals surface area contributed by atoms with Crippen LogP contribution >= 0.6 is 0 Å². The van der Waals surface area contributed by atoms with Crippen LogP contribution in [0, 0.1) is 6.92 Å². The van der Waals surface area contributed by atoms with Crippen molar-refractivity contribution in [3.63, 3.8) is 0 Å². The number of hydrogen-bond acceptors (Lipinski definition) is 2. The molecule has 2 aromatic rings. The fraction of sp³-hybridized carbons (Fsp3) is 0.231. The highest BCUT2D eigenvalue weighted by atomic mass is 16.3. The Morgan fingerprint density at radius 2 is 1.93 bits per heavy atom. The molecule has 2 heteroatoms. The molecule has 0 aromatic heterocycles. The number of phenolic OH excluding ortho intramolecular Hbond substituents is 2. The maximum atomic E-state index is 9.75. The van der Waals surface area contributed by atoms with Gasteiger partial charge >= 0.3 is 0 Å². The van der Waals surface area contributed by atoms with Crippen LogP contribution in [0.2, 0.25) is 0 Å². The van der Waals surface area contributed by atoms with E-state index in [1.807, 2.05) is 25.1 Å². The van der Waals surface area contributed by atoms with Crippen molar-refractivity contribution in [3.05, 3.63) is 35.4 Å². The smallest absolute Gasteiger partial charge is 0.165 e. The summed E-state index contributed by atoms with van der Waals surface area (Å²) in [7, 11) is 0. The van der Waals surface area contributed by atoms with Crippen molar-refractivity contribution >= 4 is 10.8 Å². The predicted octanol–water partition coefficient (Wildman–Crippen LogP) is 3.12. The molecule has 0 heterocycles. The first-order valence-corrected chi connectivity index (χ1v) is 5.08. The topological polar surface area (TPSA) is 40.5 Å². The van der Waals surface area contributed by atoms with Crippen molar-refractivity contribution in [1.82, 2.24) is 0 Å². The van der Waals surface area contributed by atoms with Crippen LogP contribution < -0.4 is 0 Å². The summed E-state index contributed by atoms with van der Waals surface area (Å²) in [6, 6.07) is 7.39. The molecular formula is C13H14O2. The average molecular weight is 202 g/mol. The molecule has 78 valence electrons. The van der Waals surface area contributed by atoms with E-state index in [9.17, 15) is 10.2 Å². The van der Waals surface area contributed by atoms with Gasteiger partial charge in [0.25, 0.3) is 0 Å². The molecule has 0 aliphatic rings. The van der Waals surface area contributed by atoms with Crippen LogP contribution in [0.25, 0.3) is 10.8 Å². The Hall–Kier alpha value is -1.70. The Morgan fingerprint density at radius 3 is 2.60 bits per heavy atom. The van der Waals surface area contributed by atoms with Gasteiger partial charge in [-0.05, 0) is 35.9 Å². The van der Waals surface area contributed by atoms with E-state index in [1.54, 1.807) is 6.07 Å². The van der Waals surface area contributed by atoms with Gasteiger partial charge in [-0.1, -0.05) is 25.1 Å². The highest BCUT2D eigenvalue weighted by Gasteiger charge is 2.10. The number of hydrogen-bond donors (Lipinski definition) is 2. The Labute approximate surface area is 88.8 Å². The van der Waals surface area contributed by atoms with Crippen LogP contribution in [0.1, 0.15) is 18.1 Å². The minimum atomic E-state index is -0.0479. The summed E-state index contributed by atoms with van der Waals surface area (Å²) in [6.07, 6.45) is 0.919. The third-order valence-electron chi connectivity index (χ3n) is 2.78. The summed E-state index contributed by atoms with van der Waals surface area (Å²) in [4.78, 5) is 0. The van der Waals surface area contributed by atoms with Crippen LogP contribution in [0.3, 0.4) is 0 Å². The lowest BCUT2D eigenvalue weighted by atomic mass is 9.97. The summed E-state index contributed by atoms with van der Waals surface area (Å²) in [6.45, 7) is 4.03. The van der Waals surface area contributed by atoms with Crippen LogP contribution in [-0.2, 0) is 6.42 Å². The van der Waals surface area contributed by atoms with Gasteiger partial charge in [0.2, 0.25) is 0 Å². The van der Waals surface area contributed by atoms with Gasteiger partial charge in [-0.3, -0.25) is 0 Å². The molecule has 0 saturated heterocycles. The summed E-state index contributed by atoms with van der Waals surface area (Å²) < 4.78 is 0. The van der Waals surface area contributed by atoms with E-state index >= 15 is 0 Å². The average Bonchev–Trinajstić information content (AvgIpc) is 2.25. The molecule has 2 aromatic carbocycles. The molecule has 0 fully saturated rings. The SMILES string of the molecule is CCc1cccc2c(O)c(O)cc(C)c12. The van der Waals surface area contributed by atoms with E-state index in [2.05, 4.69) is 6.92 Å². The largest absolute Gasteiger partial charge is 0.504 e.